The van der Waals surface area contributed by atoms with Gasteiger partial charge in [0.2, 0.25) is 0 Å². The minimum Gasteiger partial charge on any atom is -0.348 e. The number of rotatable bonds is 4. The third-order valence-corrected chi connectivity index (χ3v) is 5.26. The second-order valence-corrected chi connectivity index (χ2v) is 6.99. The topological polar surface area (TPSA) is 41.1 Å². The summed E-state index contributed by atoms with van der Waals surface area (Å²) in [5.74, 6) is 0.0181. The van der Waals surface area contributed by atoms with Crippen molar-refractivity contribution in [2.45, 2.75) is 41.6 Å². The van der Waals surface area contributed by atoms with Crippen LogP contribution in [0.5, 0.6) is 0 Å². The predicted octanol–water partition coefficient (Wildman–Crippen LogP) is 3.71. The number of hydrogen-bond donors (Lipinski definition) is 2. The molecule has 23 heavy (non-hydrogen) atoms. The average Bonchev–Trinajstić information content (AvgIpc) is 2.58. The number of hydrogen-bond acceptors (Lipinski definition) is 3. The molecule has 2 N–H and O–H groups in total. The molecule has 2 aromatic carbocycles. The lowest BCUT2D eigenvalue weighted by Gasteiger charge is -2.30. The van der Waals surface area contributed by atoms with E-state index in [0.29, 0.717) is 6.04 Å². The Hall–Kier alpha value is -1.78. The van der Waals surface area contributed by atoms with Crippen molar-refractivity contribution in [2.24, 2.45) is 0 Å². The summed E-state index contributed by atoms with van der Waals surface area (Å²) in [6, 6.07) is 18.5. The fourth-order valence-electron chi connectivity index (χ4n) is 2.85. The fraction of sp³-hybridized carbons (Fsp3) is 0.316. The zero-order valence-electron chi connectivity index (χ0n) is 13.3. The lowest BCUT2D eigenvalue weighted by atomic mass is 9.99. The van der Waals surface area contributed by atoms with Gasteiger partial charge in [-0.05, 0) is 50.6 Å². The first kappa shape index (κ1) is 16.1. The van der Waals surface area contributed by atoms with Crippen LogP contribution in [0.4, 0.5) is 0 Å². The van der Waals surface area contributed by atoms with E-state index < -0.39 is 0 Å². The molecule has 1 aliphatic rings. The molecule has 0 aliphatic carbocycles. The Balaban J connectivity index is 1.75. The highest BCUT2D eigenvalue weighted by Crippen LogP contribution is 2.30. The van der Waals surface area contributed by atoms with E-state index in [-0.39, 0.29) is 11.9 Å². The molecule has 0 saturated carbocycles. The molecule has 1 amide bonds. The zero-order valence-corrected chi connectivity index (χ0v) is 14.1. The normalized spacial score (nSPS) is 20.9. The van der Waals surface area contributed by atoms with E-state index in [2.05, 4.69) is 29.7 Å². The molecule has 3 rings (SSSR count). The highest BCUT2D eigenvalue weighted by atomic mass is 32.2. The minimum atomic E-state index is 0.0181. The van der Waals surface area contributed by atoms with Crippen LogP contribution in [-0.4, -0.2) is 24.5 Å². The van der Waals surface area contributed by atoms with Crippen molar-refractivity contribution in [1.82, 2.24) is 10.6 Å². The minimum absolute atomic E-state index is 0.0181. The molecule has 1 fully saturated rings. The maximum atomic E-state index is 12.7. The van der Waals surface area contributed by atoms with Gasteiger partial charge in [-0.15, -0.1) is 0 Å². The predicted molar refractivity (Wildman–Crippen MR) is 95.0 cm³/mol. The molecule has 2 atom stereocenters. The zero-order chi connectivity index (χ0) is 16.1. The molecule has 0 spiro atoms. The Morgan fingerprint density at radius 1 is 1.13 bits per heavy atom. The van der Waals surface area contributed by atoms with Gasteiger partial charge in [-0.1, -0.05) is 42.1 Å². The number of nitrogens with one attached hydrogen (secondary N) is 2. The Bertz CT molecular complexity index is 659. The standard InChI is InChI=1S/C19H22N2OS/c1-14-17(11-7-13-20-14)21-19(22)16-10-5-6-12-18(16)23-15-8-3-2-4-9-15/h2-6,8-10,12,14,17,20H,7,11,13H2,1H3,(H,21,22). The molecule has 0 radical (unpaired) electrons. The van der Waals surface area contributed by atoms with E-state index in [1.165, 1.54) is 0 Å². The van der Waals surface area contributed by atoms with E-state index >= 15 is 0 Å². The van der Waals surface area contributed by atoms with Gasteiger partial charge in [0, 0.05) is 21.9 Å². The van der Waals surface area contributed by atoms with Gasteiger partial charge in [-0.25, -0.2) is 0 Å². The Morgan fingerprint density at radius 2 is 1.87 bits per heavy atom. The highest BCUT2D eigenvalue weighted by Gasteiger charge is 2.23. The van der Waals surface area contributed by atoms with E-state index in [0.717, 1.165) is 34.7 Å². The fourth-order valence-corrected chi connectivity index (χ4v) is 3.81. The molecule has 3 nitrogen and oxygen atoms in total. The van der Waals surface area contributed by atoms with Gasteiger partial charge in [-0.2, -0.15) is 0 Å². The Kier molecular flexibility index (Phi) is 5.36. The van der Waals surface area contributed by atoms with Crippen LogP contribution in [0, 0.1) is 0 Å². The Morgan fingerprint density at radius 3 is 2.65 bits per heavy atom. The summed E-state index contributed by atoms with van der Waals surface area (Å²) in [5, 5.41) is 6.62. The summed E-state index contributed by atoms with van der Waals surface area (Å²) < 4.78 is 0. The number of carbonyl (C=O) groups is 1. The largest absolute Gasteiger partial charge is 0.348 e. The molecule has 0 aromatic heterocycles. The van der Waals surface area contributed by atoms with E-state index in [4.69, 9.17) is 0 Å². The lowest BCUT2D eigenvalue weighted by Crippen LogP contribution is -2.51. The van der Waals surface area contributed by atoms with Crippen LogP contribution < -0.4 is 10.6 Å². The quantitative estimate of drug-likeness (QED) is 0.900. The van der Waals surface area contributed by atoms with Crippen LogP contribution in [0.1, 0.15) is 30.1 Å². The van der Waals surface area contributed by atoms with Crippen molar-refractivity contribution in [3.8, 4) is 0 Å². The second-order valence-electron chi connectivity index (χ2n) is 5.88. The second kappa shape index (κ2) is 7.66. The third-order valence-electron chi connectivity index (χ3n) is 4.18. The molecule has 1 aliphatic heterocycles. The summed E-state index contributed by atoms with van der Waals surface area (Å²) in [6.45, 7) is 3.17. The monoisotopic (exact) mass is 326 g/mol. The van der Waals surface area contributed by atoms with Crippen molar-refractivity contribution >= 4 is 17.7 Å². The molecule has 0 bridgehead atoms. The third kappa shape index (κ3) is 4.15. The maximum Gasteiger partial charge on any atom is 0.252 e. The molecule has 2 unspecified atom stereocenters. The smallest absolute Gasteiger partial charge is 0.252 e. The summed E-state index contributed by atoms with van der Waals surface area (Å²) in [6.07, 6.45) is 2.14. The van der Waals surface area contributed by atoms with E-state index in [1.54, 1.807) is 11.8 Å². The van der Waals surface area contributed by atoms with E-state index in [9.17, 15) is 4.79 Å². The van der Waals surface area contributed by atoms with Gasteiger partial charge < -0.3 is 10.6 Å². The highest BCUT2D eigenvalue weighted by molar-refractivity contribution is 7.99. The van der Waals surface area contributed by atoms with Crippen LogP contribution in [0.15, 0.2) is 64.4 Å². The molecular formula is C19H22N2OS. The van der Waals surface area contributed by atoms with Gasteiger partial charge in [0.25, 0.3) is 5.91 Å². The first-order valence-corrected chi connectivity index (χ1v) is 8.92. The van der Waals surface area contributed by atoms with E-state index in [1.807, 2.05) is 42.5 Å². The number of benzene rings is 2. The molecule has 120 valence electrons. The summed E-state index contributed by atoms with van der Waals surface area (Å²) in [7, 11) is 0. The van der Waals surface area contributed by atoms with Gasteiger partial charge in [0.1, 0.15) is 0 Å². The van der Waals surface area contributed by atoms with Gasteiger partial charge in [-0.3, -0.25) is 4.79 Å². The number of piperidine rings is 1. The molecule has 1 heterocycles. The van der Waals surface area contributed by atoms with Crippen LogP contribution in [0.2, 0.25) is 0 Å². The van der Waals surface area contributed by atoms with Crippen LogP contribution in [-0.2, 0) is 0 Å². The van der Waals surface area contributed by atoms with Gasteiger partial charge >= 0.3 is 0 Å². The summed E-state index contributed by atoms with van der Waals surface area (Å²) >= 11 is 1.63. The van der Waals surface area contributed by atoms with Crippen LogP contribution in [0.3, 0.4) is 0 Å². The van der Waals surface area contributed by atoms with Gasteiger partial charge in [0.05, 0.1) is 5.56 Å². The first-order valence-electron chi connectivity index (χ1n) is 8.10. The Labute approximate surface area is 141 Å². The van der Waals surface area contributed by atoms with Crippen molar-refractivity contribution in [3.63, 3.8) is 0 Å². The molecule has 4 heteroatoms. The average molecular weight is 326 g/mol. The number of amides is 1. The number of carbonyl (C=O) groups excluding carboxylic acids is 1. The summed E-state index contributed by atoms with van der Waals surface area (Å²) in [5.41, 5.74) is 0.749. The summed E-state index contributed by atoms with van der Waals surface area (Å²) in [4.78, 5) is 14.8. The molecule has 1 saturated heterocycles. The van der Waals surface area contributed by atoms with Crippen molar-refractivity contribution < 1.29 is 4.79 Å². The van der Waals surface area contributed by atoms with Crippen molar-refractivity contribution in [3.05, 3.63) is 60.2 Å². The van der Waals surface area contributed by atoms with Crippen LogP contribution >= 0.6 is 11.8 Å². The van der Waals surface area contributed by atoms with Crippen molar-refractivity contribution in [2.75, 3.05) is 6.54 Å². The lowest BCUT2D eigenvalue weighted by molar-refractivity contribution is 0.0917. The molecular weight excluding hydrogens is 304 g/mol. The SMILES string of the molecule is CC1NCCCC1NC(=O)c1ccccc1Sc1ccccc1. The van der Waals surface area contributed by atoms with Crippen molar-refractivity contribution in [1.29, 1.82) is 0 Å². The molecule has 2 aromatic rings. The maximum absolute atomic E-state index is 12.7. The first-order chi connectivity index (χ1) is 11.2. The van der Waals surface area contributed by atoms with Crippen LogP contribution in [0.25, 0.3) is 0 Å². The van der Waals surface area contributed by atoms with Gasteiger partial charge in [0.15, 0.2) is 0 Å².